The molecule has 96 valence electrons. The van der Waals surface area contributed by atoms with Crippen LogP contribution in [-0.2, 0) is 0 Å². The van der Waals surface area contributed by atoms with Crippen molar-refractivity contribution in [2.24, 2.45) is 0 Å². The van der Waals surface area contributed by atoms with Crippen molar-refractivity contribution in [3.63, 3.8) is 0 Å². The highest BCUT2D eigenvalue weighted by atomic mass is 16.1. The fraction of sp³-hybridized carbons (Fsp3) is 0.533. The topological polar surface area (TPSA) is 32.3 Å². The van der Waals surface area contributed by atoms with Gasteiger partial charge in [-0.3, -0.25) is 4.79 Å². The first-order valence-electron chi connectivity index (χ1n) is 6.93. The summed E-state index contributed by atoms with van der Waals surface area (Å²) in [7, 11) is 0. The third-order valence-corrected chi connectivity index (χ3v) is 4.19. The quantitative estimate of drug-likeness (QED) is 0.863. The van der Waals surface area contributed by atoms with Crippen LogP contribution in [0.2, 0.25) is 0 Å². The fourth-order valence-corrected chi connectivity index (χ4v) is 3.21. The van der Waals surface area contributed by atoms with E-state index in [1.807, 2.05) is 30.3 Å². The molecule has 2 fully saturated rings. The first-order valence-corrected chi connectivity index (χ1v) is 6.93. The molecule has 2 heterocycles. The molecular weight excluding hydrogens is 224 g/mol. The summed E-state index contributed by atoms with van der Waals surface area (Å²) in [5.41, 5.74) is 0.770. The van der Waals surface area contributed by atoms with Gasteiger partial charge in [0.25, 0.3) is 5.91 Å². The minimum Gasteiger partial charge on any atom is -0.349 e. The molecule has 18 heavy (non-hydrogen) atoms. The predicted molar refractivity (Wildman–Crippen MR) is 71.5 cm³/mol. The summed E-state index contributed by atoms with van der Waals surface area (Å²) >= 11 is 0. The van der Waals surface area contributed by atoms with E-state index in [1.54, 1.807) is 0 Å². The van der Waals surface area contributed by atoms with Crippen molar-refractivity contribution < 1.29 is 4.79 Å². The van der Waals surface area contributed by atoms with E-state index < -0.39 is 0 Å². The van der Waals surface area contributed by atoms with E-state index in [4.69, 9.17) is 0 Å². The molecule has 0 bridgehead atoms. The molecule has 3 rings (SSSR count). The number of carbonyl (C=O) groups is 1. The van der Waals surface area contributed by atoms with Crippen LogP contribution in [0.1, 0.15) is 36.0 Å². The van der Waals surface area contributed by atoms with E-state index in [9.17, 15) is 4.79 Å². The number of rotatable bonds is 2. The van der Waals surface area contributed by atoms with Gasteiger partial charge in [-0.05, 0) is 44.4 Å². The van der Waals surface area contributed by atoms with Crippen LogP contribution in [0.15, 0.2) is 30.3 Å². The smallest absolute Gasteiger partial charge is 0.251 e. The number of hydrogen-bond donors (Lipinski definition) is 1. The standard InChI is InChI=1S/C15H20N2O/c18-15(12-5-2-1-3-6-12)16-13-8-10-17-9-4-7-14(17)11-13/h1-3,5-6,13-14H,4,7-11H2,(H,16,18). The lowest BCUT2D eigenvalue weighted by Gasteiger charge is -2.35. The van der Waals surface area contributed by atoms with Gasteiger partial charge in [0.2, 0.25) is 0 Å². The third kappa shape index (κ3) is 2.41. The zero-order valence-corrected chi connectivity index (χ0v) is 10.6. The molecule has 0 saturated carbocycles. The molecule has 0 radical (unpaired) electrons. The van der Waals surface area contributed by atoms with Crippen molar-refractivity contribution in [2.75, 3.05) is 13.1 Å². The molecule has 3 heteroatoms. The number of nitrogens with one attached hydrogen (secondary N) is 1. The Labute approximate surface area is 108 Å². The van der Waals surface area contributed by atoms with Crippen LogP contribution in [0.3, 0.4) is 0 Å². The van der Waals surface area contributed by atoms with E-state index >= 15 is 0 Å². The monoisotopic (exact) mass is 244 g/mol. The summed E-state index contributed by atoms with van der Waals surface area (Å²) in [5, 5.41) is 3.18. The summed E-state index contributed by atoms with van der Waals surface area (Å²) < 4.78 is 0. The summed E-state index contributed by atoms with van der Waals surface area (Å²) in [6.07, 6.45) is 4.84. The maximum atomic E-state index is 12.1. The summed E-state index contributed by atoms with van der Waals surface area (Å²) in [4.78, 5) is 14.7. The first-order chi connectivity index (χ1) is 8.83. The number of hydrogen-bond acceptors (Lipinski definition) is 2. The third-order valence-electron chi connectivity index (χ3n) is 4.19. The van der Waals surface area contributed by atoms with Gasteiger partial charge >= 0.3 is 0 Å². The Kier molecular flexibility index (Phi) is 3.33. The lowest BCUT2D eigenvalue weighted by molar-refractivity contribution is 0.0896. The summed E-state index contributed by atoms with van der Waals surface area (Å²) in [6.45, 7) is 2.40. The molecule has 2 unspecified atom stereocenters. The van der Waals surface area contributed by atoms with Gasteiger partial charge in [0.05, 0.1) is 0 Å². The van der Waals surface area contributed by atoms with Gasteiger partial charge in [-0.1, -0.05) is 18.2 Å². The average molecular weight is 244 g/mol. The molecule has 0 aromatic heterocycles. The lowest BCUT2D eigenvalue weighted by atomic mass is 9.97. The molecule has 0 spiro atoms. The summed E-state index contributed by atoms with van der Waals surface area (Å²) in [5.74, 6) is 0.0760. The SMILES string of the molecule is O=C(NC1CCN2CCCC2C1)c1ccccc1. The molecule has 0 aliphatic carbocycles. The van der Waals surface area contributed by atoms with Gasteiger partial charge in [0.1, 0.15) is 0 Å². The zero-order valence-electron chi connectivity index (χ0n) is 10.6. The summed E-state index contributed by atoms with van der Waals surface area (Å²) in [6, 6.07) is 10.6. The molecule has 1 amide bonds. The second kappa shape index (κ2) is 5.11. The Bertz CT molecular complexity index is 418. The van der Waals surface area contributed by atoms with Crippen molar-refractivity contribution >= 4 is 5.91 Å². The molecule has 1 N–H and O–H groups in total. The molecule has 2 aliphatic heterocycles. The molecule has 2 saturated heterocycles. The number of piperidine rings is 1. The van der Waals surface area contributed by atoms with Crippen molar-refractivity contribution in [1.82, 2.24) is 10.2 Å². The number of nitrogens with zero attached hydrogens (tertiary/aromatic N) is 1. The Hall–Kier alpha value is -1.35. The van der Waals surface area contributed by atoms with Crippen LogP contribution < -0.4 is 5.32 Å². The van der Waals surface area contributed by atoms with Crippen molar-refractivity contribution in [3.05, 3.63) is 35.9 Å². The van der Waals surface area contributed by atoms with Crippen LogP contribution in [-0.4, -0.2) is 36.0 Å². The average Bonchev–Trinajstić information content (AvgIpc) is 2.87. The number of fused-ring (bicyclic) bond motifs is 1. The lowest BCUT2D eigenvalue weighted by Crippen LogP contribution is -2.47. The first kappa shape index (κ1) is 11.7. The van der Waals surface area contributed by atoms with Crippen molar-refractivity contribution in [1.29, 1.82) is 0 Å². The van der Waals surface area contributed by atoms with Crippen molar-refractivity contribution in [2.45, 2.75) is 37.8 Å². The Morgan fingerprint density at radius 3 is 2.83 bits per heavy atom. The van der Waals surface area contributed by atoms with Gasteiger partial charge in [-0.25, -0.2) is 0 Å². The number of carbonyl (C=O) groups excluding carboxylic acids is 1. The molecular formula is C15H20N2O. The van der Waals surface area contributed by atoms with Gasteiger partial charge < -0.3 is 10.2 Å². The van der Waals surface area contributed by atoms with Crippen LogP contribution in [0.25, 0.3) is 0 Å². The van der Waals surface area contributed by atoms with E-state index in [2.05, 4.69) is 10.2 Å². The van der Waals surface area contributed by atoms with Gasteiger partial charge in [0.15, 0.2) is 0 Å². The van der Waals surface area contributed by atoms with Crippen molar-refractivity contribution in [3.8, 4) is 0 Å². The molecule has 2 atom stereocenters. The molecule has 2 aliphatic rings. The van der Waals surface area contributed by atoms with E-state index in [0.29, 0.717) is 12.1 Å². The van der Waals surface area contributed by atoms with Crippen LogP contribution >= 0.6 is 0 Å². The van der Waals surface area contributed by atoms with Gasteiger partial charge in [-0.15, -0.1) is 0 Å². The van der Waals surface area contributed by atoms with Crippen LogP contribution in [0, 0.1) is 0 Å². The second-order valence-electron chi connectivity index (χ2n) is 5.39. The molecule has 1 aromatic carbocycles. The minimum absolute atomic E-state index is 0.0760. The number of amides is 1. The number of benzene rings is 1. The maximum absolute atomic E-state index is 12.1. The molecule has 3 nitrogen and oxygen atoms in total. The Morgan fingerprint density at radius 2 is 2.00 bits per heavy atom. The van der Waals surface area contributed by atoms with Gasteiger partial charge in [-0.2, -0.15) is 0 Å². The van der Waals surface area contributed by atoms with E-state index in [1.165, 1.54) is 19.4 Å². The molecule has 1 aromatic rings. The highest BCUT2D eigenvalue weighted by Crippen LogP contribution is 2.26. The van der Waals surface area contributed by atoms with E-state index in [0.717, 1.165) is 24.9 Å². The highest BCUT2D eigenvalue weighted by Gasteiger charge is 2.32. The minimum atomic E-state index is 0.0760. The normalized spacial score (nSPS) is 27.8. The fourth-order valence-electron chi connectivity index (χ4n) is 3.21. The van der Waals surface area contributed by atoms with Gasteiger partial charge in [0, 0.05) is 24.2 Å². The maximum Gasteiger partial charge on any atom is 0.251 e. The predicted octanol–water partition coefficient (Wildman–Crippen LogP) is 2.04. The Morgan fingerprint density at radius 1 is 1.17 bits per heavy atom. The zero-order chi connectivity index (χ0) is 12.4. The van der Waals surface area contributed by atoms with Crippen LogP contribution in [0.5, 0.6) is 0 Å². The second-order valence-corrected chi connectivity index (χ2v) is 5.39. The van der Waals surface area contributed by atoms with Crippen LogP contribution in [0.4, 0.5) is 0 Å². The van der Waals surface area contributed by atoms with E-state index in [-0.39, 0.29) is 5.91 Å². The highest BCUT2D eigenvalue weighted by molar-refractivity contribution is 5.94. The Balaban J connectivity index is 1.58. The largest absolute Gasteiger partial charge is 0.349 e.